The molecule has 2 rings (SSSR count). The zero-order valence-corrected chi connectivity index (χ0v) is 12.1. The fraction of sp³-hybridized carbons (Fsp3) is 0.562. The van der Waals surface area contributed by atoms with E-state index in [1.165, 1.54) is 5.56 Å². The lowest BCUT2D eigenvalue weighted by Crippen LogP contribution is -2.43. The van der Waals surface area contributed by atoms with E-state index in [0.717, 1.165) is 24.8 Å². The Hall–Kier alpha value is -1.35. The zero-order chi connectivity index (χ0) is 14.0. The molecule has 1 amide bonds. The SMILES string of the molecule is CC(C)Cc1ccc(CN(C)C(=O)C2(N)CC2)cc1. The van der Waals surface area contributed by atoms with Crippen molar-refractivity contribution in [2.24, 2.45) is 11.7 Å². The number of nitrogens with zero attached hydrogens (tertiary/aromatic N) is 1. The lowest BCUT2D eigenvalue weighted by Gasteiger charge is -2.21. The smallest absolute Gasteiger partial charge is 0.242 e. The van der Waals surface area contributed by atoms with Gasteiger partial charge >= 0.3 is 0 Å². The highest BCUT2D eigenvalue weighted by Gasteiger charge is 2.47. The van der Waals surface area contributed by atoms with Gasteiger partial charge in [-0.15, -0.1) is 0 Å². The summed E-state index contributed by atoms with van der Waals surface area (Å²) in [6, 6.07) is 8.53. The van der Waals surface area contributed by atoms with Crippen LogP contribution in [0.2, 0.25) is 0 Å². The Labute approximate surface area is 115 Å². The second-order valence-electron chi connectivity index (χ2n) is 6.23. The molecule has 1 aliphatic carbocycles. The molecule has 0 atom stereocenters. The van der Waals surface area contributed by atoms with Gasteiger partial charge in [0, 0.05) is 13.6 Å². The molecule has 0 bridgehead atoms. The van der Waals surface area contributed by atoms with E-state index in [4.69, 9.17) is 5.73 Å². The standard InChI is InChI=1S/C16H24N2O/c1-12(2)10-13-4-6-14(7-5-13)11-18(3)15(19)16(17)8-9-16/h4-7,12H,8-11,17H2,1-3H3. The van der Waals surface area contributed by atoms with Crippen LogP contribution in [0.4, 0.5) is 0 Å². The molecular weight excluding hydrogens is 236 g/mol. The lowest BCUT2D eigenvalue weighted by molar-refractivity contribution is -0.132. The van der Waals surface area contributed by atoms with Gasteiger partial charge in [0.15, 0.2) is 0 Å². The maximum atomic E-state index is 12.0. The van der Waals surface area contributed by atoms with Crippen molar-refractivity contribution < 1.29 is 4.79 Å². The van der Waals surface area contributed by atoms with Crippen LogP contribution in [-0.2, 0) is 17.8 Å². The fourth-order valence-corrected chi connectivity index (χ4v) is 2.33. The number of hydrogen-bond acceptors (Lipinski definition) is 2. The normalized spacial score (nSPS) is 16.5. The molecule has 3 nitrogen and oxygen atoms in total. The summed E-state index contributed by atoms with van der Waals surface area (Å²) in [7, 11) is 1.83. The average molecular weight is 260 g/mol. The highest BCUT2D eigenvalue weighted by molar-refractivity contribution is 5.88. The average Bonchev–Trinajstić information content (AvgIpc) is 3.09. The van der Waals surface area contributed by atoms with E-state index in [1.54, 1.807) is 4.90 Å². The molecule has 1 aliphatic rings. The molecule has 1 saturated carbocycles. The summed E-state index contributed by atoms with van der Waals surface area (Å²) in [6.07, 6.45) is 2.74. The third-order valence-corrected chi connectivity index (χ3v) is 3.65. The molecule has 19 heavy (non-hydrogen) atoms. The van der Waals surface area contributed by atoms with Crippen LogP contribution in [0.15, 0.2) is 24.3 Å². The van der Waals surface area contributed by atoms with Crippen molar-refractivity contribution >= 4 is 5.91 Å². The summed E-state index contributed by atoms with van der Waals surface area (Å²) in [5, 5.41) is 0. The molecule has 0 saturated heterocycles. The maximum Gasteiger partial charge on any atom is 0.242 e. The molecule has 0 spiro atoms. The molecule has 0 radical (unpaired) electrons. The van der Waals surface area contributed by atoms with E-state index in [-0.39, 0.29) is 5.91 Å². The summed E-state index contributed by atoms with van der Waals surface area (Å²) in [5.41, 5.74) is 7.88. The van der Waals surface area contributed by atoms with Gasteiger partial charge in [-0.05, 0) is 36.3 Å². The van der Waals surface area contributed by atoms with Crippen LogP contribution >= 0.6 is 0 Å². The van der Waals surface area contributed by atoms with Crippen molar-refractivity contribution in [3.63, 3.8) is 0 Å². The number of carbonyl (C=O) groups is 1. The van der Waals surface area contributed by atoms with Crippen LogP contribution in [-0.4, -0.2) is 23.4 Å². The summed E-state index contributed by atoms with van der Waals surface area (Å²) in [6.45, 7) is 5.08. The number of rotatable bonds is 5. The van der Waals surface area contributed by atoms with Crippen molar-refractivity contribution in [2.45, 2.75) is 45.2 Å². The second kappa shape index (κ2) is 5.33. The molecule has 104 valence electrons. The van der Waals surface area contributed by atoms with E-state index >= 15 is 0 Å². The molecular formula is C16H24N2O. The summed E-state index contributed by atoms with van der Waals surface area (Å²) in [4.78, 5) is 13.8. The third kappa shape index (κ3) is 3.57. The highest BCUT2D eigenvalue weighted by atomic mass is 16.2. The first-order valence-corrected chi connectivity index (χ1v) is 7.03. The molecule has 0 heterocycles. The van der Waals surface area contributed by atoms with Gasteiger partial charge in [0.1, 0.15) is 0 Å². The second-order valence-corrected chi connectivity index (χ2v) is 6.23. The molecule has 3 heteroatoms. The van der Waals surface area contributed by atoms with Gasteiger partial charge in [0.25, 0.3) is 0 Å². The summed E-state index contributed by atoms with van der Waals surface area (Å²) in [5.74, 6) is 0.737. The van der Waals surface area contributed by atoms with Crippen molar-refractivity contribution in [1.29, 1.82) is 0 Å². The Morgan fingerprint density at radius 3 is 2.26 bits per heavy atom. The largest absolute Gasteiger partial charge is 0.340 e. The summed E-state index contributed by atoms with van der Waals surface area (Å²) < 4.78 is 0. The molecule has 1 aromatic rings. The van der Waals surface area contributed by atoms with Crippen LogP contribution in [0, 0.1) is 5.92 Å². The number of carbonyl (C=O) groups excluding carboxylic acids is 1. The molecule has 0 unspecified atom stereocenters. The van der Waals surface area contributed by atoms with Crippen molar-refractivity contribution in [3.05, 3.63) is 35.4 Å². The first-order chi connectivity index (χ1) is 8.90. The van der Waals surface area contributed by atoms with E-state index in [9.17, 15) is 4.79 Å². The Bertz CT molecular complexity index is 446. The van der Waals surface area contributed by atoms with Gasteiger partial charge in [-0.1, -0.05) is 38.1 Å². The van der Waals surface area contributed by atoms with Gasteiger partial charge < -0.3 is 10.6 Å². The van der Waals surface area contributed by atoms with Crippen LogP contribution in [0.3, 0.4) is 0 Å². The van der Waals surface area contributed by atoms with Gasteiger partial charge in [-0.25, -0.2) is 0 Å². The Balaban J connectivity index is 1.93. The van der Waals surface area contributed by atoms with Gasteiger partial charge in [0.2, 0.25) is 5.91 Å². The van der Waals surface area contributed by atoms with Crippen LogP contribution in [0.5, 0.6) is 0 Å². The third-order valence-electron chi connectivity index (χ3n) is 3.65. The number of likely N-dealkylation sites (N-methyl/N-ethyl adjacent to an activating group) is 1. The molecule has 1 aromatic carbocycles. The Morgan fingerprint density at radius 1 is 1.26 bits per heavy atom. The molecule has 0 aromatic heterocycles. The maximum absolute atomic E-state index is 12.0. The number of benzene rings is 1. The van der Waals surface area contributed by atoms with Crippen LogP contribution < -0.4 is 5.73 Å². The van der Waals surface area contributed by atoms with Gasteiger partial charge in [-0.2, -0.15) is 0 Å². The minimum Gasteiger partial charge on any atom is -0.340 e. The predicted molar refractivity (Wildman–Crippen MR) is 77.6 cm³/mol. The lowest BCUT2D eigenvalue weighted by atomic mass is 10.0. The molecule has 1 fully saturated rings. The van der Waals surface area contributed by atoms with Crippen LogP contribution in [0.1, 0.15) is 37.8 Å². The van der Waals surface area contributed by atoms with E-state index < -0.39 is 5.54 Å². The van der Waals surface area contributed by atoms with E-state index in [0.29, 0.717) is 12.5 Å². The zero-order valence-electron chi connectivity index (χ0n) is 12.1. The predicted octanol–water partition coefficient (Wildman–Crippen LogP) is 2.33. The highest BCUT2D eigenvalue weighted by Crippen LogP contribution is 2.34. The fourth-order valence-electron chi connectivity index (χ4n) is 2.33. The minimum atomic E-state index is -0.563. The van der Waals surface area contributed by atoms with E-state index in [1.807, 2.05) is 7.05 Å². The Kier molecular flexibility index (Phi) is 3.95. The Morgan fingerprint density at radius 2 is 1.79 bits per heavy atom. The number of nitrogens with two attached hydrogens (primary N) is 1. The van der Waals surface area contributed by atoms with Crippen molar-refractivity contribution in [1.82, 2.24) is 4.90 Å². The van der Waals surface area contributed by atoms with E-state index in [2.05, 4.69) is 38.1 Å². The van der Waals surface area contributed by atoms with Crippen molar-refractivity contribution in [3.8, 4) is 0 Å². The summed E-state index contributed by atoms with van der Waals surface area (Å²) >= 11 is 0. The molecule has 2 N–H and O–H groups in total. The van der Waals surface area contributed by atoms with Gasteiger partial charge in [0.05, 0.1) is 5.54 Å². The van der Waals surface area contributed by atoms with Gasteiger partial charge in [-0.3, -0.25) is 4.79 Å². The quantitative estimate of drug-likeness (QED) is 0.883. The van der Waals surface area contributed by atoms with Crippen molar-refractivity contribution in [2.75, 3.05) is 7.05 Å². The first-order valence-electron chi connectivity index (χ1n) is 7.03. The molecule has 0 aliphatic heterocycles. The number of hydrogen-bond donors (Lipinski definition) is 1. The first kappa shape index (κ1) is 14.1. The van der Waals surface area contributed by atoms with Crippen LogP contribution in [0.25, 0.3) is 0 Å². The minimum absolute atomic E-state index is 0.0683. The monoisotopic (exact) mass is 260 g/mol. The topological polar surface area (TPSA) is 46.3 Å². The number of amides is 1.